The van der Waals surface area contributed by atoms with E-state index in [2.05, 4.69) is 5.32 Å². The third-order valence-electron chi connectivity index (χ3n) is 5.66. The van der Waals surface area contributed by atoms with E-state index in [1.165, 1.54) is 63.6 Å². The number of carbonyl (C=O) groups is 3. The van der Waals surface area contributed by atoms with Gasteiger partial charge in [0, 0.05) is 12.6 Å². The number of thioether (sulfide) groups is 1. The Morgan fingerprint density at radius 3 is 2.24 bits per heavy atom. The molecular weight excluding hydrogens is 572 g/mol. The quantitative estimate of drug-likeness (QED) is 0.247. The van der Waals surface area contributed by atoms with Gasteiger partial charge in [0.05, 0.1) is 25.7 Å². The summed E-state index contributed by atoms with van der Waals surface area (Å²) in [4.78, 5) is 37.8. The van der Waals surface area contributed by atoms with Crippen LogP contribution in [-0.4, -0.2) is 57.7 Å². The molecule has 1 saturated heterocycles. The molecule has 0 radical (unpaired) electrons. The molecular formula is C28H26N2O9S2. The summed E-state index contributed by atoms with van der Waals surface area (Å²) in [6.07, 6.45) is 1.47. The second kappa shape index (κ2) is 12.8. The highest BCUT2D eigenvalue weighted by Crippen LogP contribution is 2.36. The van der Waals surface area contributed by atoms with Crippen LogP contribution in [0.2, 0.25) is 0 Å². The van der Waals surface area contributed by atoms with Crippen molar-refractivity contribution in [1.29, 1.82) is 0 Å². The summed E-state index contributed by atoms with van der Waals surface area (Å²) in [6.45, 7) is 1.43. The van der Waals surface area contributed by atoms with Gasteiger partial charge >= 0.3 is 10.1 Å². The Morgan fingerprint density at radius 1 is 0.927 bits per heavy atom. The lowest BCUT2D eigenvalue weighted by Gasteiger charge is -2.14. The van der Waals surface area contributed by atoms with Gasteiger partial charge in [-0.15, -0.1) is 0 Å². The van der Waals surface area contributed by atoms with Gasteiger partial charge in [0.2, 0.25) is 5.91 Å². The van der Waals surface area contributed by atoms with Crippen molar-refractivity contribution in [2.24, 2.45) is 0 Å². The molecule has 3 aromatic carbocycles. The molecule has 1 fully saturated rings. The number of nitrogens with one attached hydrogen (secondary N) is 1. The molecule has 0 aromatic heterocycles. The Bertz CT molecular complexity index is 1600. The van der Waals surface area contributed by atoms with Crippen molar-refractivity contribution in [3.05, 3.63) is 77.2 Å². The first-order chi connectivity index (χ1) is 19.6. The van der Waals surface area contributed by atoms with Crippen LogP contribution in [0.1, 0.15) is 12.5 Å². The number of ether oxygens (including phenoxy) is 3. The summed E-state index contributed by atoms with van der Waals surface area (Å²) in [5, 5.41) is 2.10. The second-order valence-electron chi connectivity index (χ2n) is 8.49. The molecule has 11 nitrogen and oxygen atoms in total. The molecule has 0 spiro atoms. The van der Waals surface area contributed by atoms with E-state index in [1.54, 1.807) is 30.3 Å². The summed E-state index contributed by atoms with van der Waals surface area (Å²) in [6, 6.07) is 17.0. The maximum absolute atomic E-state index is 13.0. The SMILES string of the molecule is COc1ccccc1OCCN1C(=O)S/C(=C\c2ccc(OC)c(OS(=O)(=O)c3ccc(NC(C)=O)cc3)c2)C1=O. The molecule has 41 heavy (non-hydrogen) atoms. The van der Waals surface area contributed by atoms with Gasteiger partial charge in [-0.1, -0.05) is 18.2 Å². The van der Waals surface area contributed by atoms with Gasteiger partial charge < -0.3 is 23.7 Å². The van der Waals surface area contributed by atoms with Crippen LogP contribution in [0.5, 0.6) is 23.0 Å². The van der Waals surface area contributed by atoms with Gasteiger partial charge in [-0.25, -0.2) is 0 Å². The topological polar surface area (TPSA) is 138 Å². The van der Waals surface area contributed by atoms with E-state index in [0.717, 1.165) is 16.7 Å². The van der Waals surface area contributed by atoms with E-state index in [-0.39, 0.29) is 40.4 Å². The van der Waals surface area contributed by atoms with Crippen LogP contribution in [0.3, 0.4) is 0 Å². The number of rotatable bonds is 11. The maximum atomic E-state index is 13.0. The predicted octanol–water partition coefficient (Wildman–Crippen LogP) is 4.55. The number of carbonyl (C=O) groups excluding carboxylic acids is 3. The molecule has 1 aliphatic heterocycles. The number of methoxy groups -OCH3 is 2. The molecule has 214 valence electrons. The average Bonchev–Trinajstić information content (AvgIpc) is 3.20. The van der Waals surface area contributed by atoms with E-state index >= 15 is 0 Å². The zero-order valence-electron chi connectivity index (χ0n) is 22.3. The average molecular weight is 599 g/mol. The number of hydrogen-bond acceptors (Lipinski definition) is 10. The standard InChI is InChI=1S/C28H26N2O9S2/c1-18(31)29-20-9-11-21(12-10-20)41(34,35)39-25-16-19(8-13-23(25)37-3)17-26-27(32)30(28(33)40-26)14-15-38-24-7-5-4-6-22(24)36-2/h4-13,16-17H,14-15H2,1-3H3,(H,29,31)/b26-17-. The van der Waals surface area contributed by atoms with Crippen LogP contribution in [0.15, 0.2) is 76.5 Å². The van der Waals surface area contributed by atoms with Gasteiger partial charge in [0.1, 0.15) is 11.5 Å². The Morgan fingerprint density at radius 2 is 1.59 bits per heavy atom. The molecule has 4 rings (SSSR count). The van der Waals surface area contributed by atoms with Gasteiger partial charge in [0.25, 0.3) is 11.1 Å². The number of hydrogen-bond donors (Lipinski definition) is 1. The predicted molar refractivity (Wildman–Crippen MR) is 153 cm³/mol. The molecule has 0 atom stereocenters. The van der Waals surface area contributed by atoms with E-state index in [4.69, 9.17) is 18.4 Å². The van der Waals surface area contributed by atoms with E-state index < -0.39 is 21.3 Å². The fraction of sp³-hybridized carbons (Fsp3) is 0.179. The third-order valence-corrected chi connectivity index (χ3v) is 7.82. The number of para-hydroxylation sites is 2. The van der Waals surface area contributed by atoms with E-state index in [0.29, 0.717) is 22.7 Å². The maximum Gasteiger partial charge on any atom is 0.339 e. The number of anilines is 1. The highest BCUT2D eigenvalue weighted by molar-refractivity contribution is 8.18. The van der Waals surface area contributed by atoms with Gasteiger partial charge in [-0.3, -0.25) is 19.3 Å². The molecule has 0 saturated carbocycles. The summed E-state index contributed by atoms with van der Waals surface area (Å²) in [5.41, 5.74) is 0.837. The number of nitrogens with zero attached hydrogens (tertiary/aromatic N) is 1. The summed E-state index contributed by atoms with van der Waals surface area (Å²) < 4.78 is 47.4. The minimum absolute atomic E-state index is 0.0238. The minimum Gasteiger partial charge on any atom is -0.493 e. The van der Waals surface area contributed by atoms with Crippen molar-refractivity contribution in [1.82, 2.24) is 4.90 Å². The molecule has 1 heterocycles. The summed E-state index contributed by atoms with van der Waals surface area (Å²) >= 11 is 0.760. The first kappa shape index (κ1) is 29.5. The van der Waals surface area contributed by atoms with Crippen LogP contribution in [0.4, 0.5) is 10.5 Å². The molecule has 3 amide bonds. The van der Waals surface area contributed by atoms with Gasteiger partial charge in [-0.05, 0) is 71.9 Å². The molecule has 0 unspecified atom stereocenters. The third kappa shape index (κ3) is 7.18. The van der Waals surface area contributed by atoms with Crippen molar-refractivity contribution in [2.45, 2.75) is 11.8 Å². The smallest absolute Gasteiger partial charge is 0.339 e. The zero-order valence-corrected chi connectivity index (χ0v) is 23.9. The van der Waals surface area contributed by atoms with Crippen LogP contribution in [0, 0.1) is 0 Å². The number of amides is 3. The molecule has 13 heteroatoms. The lowest BCUT2D eigenvalue weighted by Crippen LogP contribution is -2.32. The van der Waals surface area contributed by atoms with Crippen molar-refractivity contribution in [2.75, 3.05) is 32.7 Å². The van der Waals surface area contributed by atoms with E-state index in [1.807, 2.05) is 0 Å². The van der Waals surface area contributed by atoms with Crippen LogP contribution in [-0.2, 0) is 19.7 Å². The van der Waals surface area contributed by atoms with Crippen LogP contribution >= 0.6 is 11.8 Å². The molecule has 0 aliphatic carbocycles. The van der Waals surface area contributed by atoms with Gasteiger partial charge in [0.15, 0.2) is 23.0 Å². The number of benzene rings is 3. The molecule has 1 N–H and O–H groups in total. The Hall–Kier alpha value is -4.49. The van der Waals surface area contributed by atoms with Gasteiger partial charge in [-0.2, -0.15) is 8.42 Å². The highest BCUT2D eigenvalue weighted by Gasteiger charge is 2.35. The first-order valence-electron chi connectivity index (χ1n) is 12.1. The number of imide groups is 1. The minimum atomic E-state index is -4.27. The Labute approximate surface area is 241 Å². The largest absolute Gasteiger partial charge is 0.493 e. The first-order valence-corrected chi connectivity index (χ1v) is 14.3. The lowest BCUT2D eigenvalue weighted by atomic mass is 10.2. The highest BCUT2D eigenvalue weighted by atomic mass is 32.2. The lowest BCUT2D eigenvalue weighted by molar-refractivity contribution is -0.123. The molecule has 1 aliphatic rings. The van der Waals surface area contributed by atoms with Crippen LogP contribution < -0.4 is 23.7 Å². The zero-order chi connectivity index (χ0) is 29.6. The fourth-order valence-corrected chi connectivity index (χ4v) is 5.55. The summed E-state index contributed by atoms with van der Waals surface area (Å²) in [5.74, 6) is 0.245. The monoisotopic (exact) mass is 598 g/mol. The second-order valence-corrected chi connectivity index (χ2v) is 11.0. The van der Waals surface area contributed by atoms with Crippen molar-refractivity contribution < 1.29 is 41.2 Å². The Balaban J connectivity index is 1.48. The van der Waals surface area contributed by atoms with Crippen LogP contribution in [0.25, 0.3) is 6.08 Å². The molecule has 0 bridgehead atoms. The normalized spacial score (nSPS) is 14.2. The molecule has 3 aromatic rings. The van der Waals surface area contributed by atoms with E-state index in [9.17, 15) is 22.8 Å². The van der Waals surface area contributed by atoms with Crippen molar-refractivity contribution in [3.8, 4) is 23.0 Å². The Kier molecular flexibility index (Phi) is 9.20. The summed E-state index contributed by atoms with van der Waals surface area (Å²) in [7, 11) is -1.40. The van der Waals surface area contributed by atoms with Crippen molar-refractivity contribution >= 4 is 50.7 Å². The van der Waals surface area contributed by atoms with Crippen molar-refractivity contribution in [3.63, 3.8) is 0 Å². The fourth-order valence-electron chi connectivity index (χ4n) is 3.75.